The number of rotatable bonds is 7. The fourth-order valence-corrected chi connectivity index (χ4v) is 2.28. The monoisotopic (exact) mass is 274 g/mol. The van der Waals surface area contributed by atoms with E-state index in [-0.39, 0.29) is 30.4 Å². The van der Waals surface area contributed by atoms with Gasteiger partial charge < -0.3 is 20.1 Å². The van der Waals surface area contributed by atoms with E-state index in [1.54, 1.807) is 9.95 Å². The molecule has 0 aliphatic rings. The van der Waals surface area contributed by atoms with Gasteiger partial charge in [-0.05, 0) is 13.3 Å². The summed E-state index contributed by atoms with van der Waals surface area (Å²) in [7, 11) is 0. The van der Waals surface area contributed by atoms with Gasteiger partial charge in [-0.3, -0.25) is 9.59 Å². The van der Waals surface area contributed by atoms with Gasteiger partial charge in [0, 0.05) is 24.0 Å². The van der Waals surface area contributed by atoms with Gasteiger partial charge in [0.2, 0.25) is 5.91 Å². The summed E-state index contributed by atoms with van der Waals surface area (Å²) in [5.74, 6) is -0.232. The average molecular weight is 274 g/mol. The van der Waals surface area contributed by atoms with Gasteiger partial charge in [-0.15, -0.1) is 0 Å². The Labute approximate surface area is 109 Å². The van der Waals surface area contributed by atoms with Crippen LogP contribution in [0, 0.1) is 6.92 Å². The first-order valence-corrected chi connectivity index (χ1v) is 6.62. The number of thiazole rings is 1. The zero-order chi connectivity index (χ0) is 13.5. The highest BCUT2D eigenvalue weighted by molar-refractivity contribution is 7.07. The predicted octanol–water partition coefficient (Wildman–Crippen LogP) is -0.532. The maximum Gasteiger partial charge on any atom is 0.307 e. The molecule has 1 aromatic rings. The van der Waals surface area contributed by atoms with Crippen molar-refractivity contribution < 1.29 is 15.0 Å². The third-order valence-corrected chi connectivity index (χ3v) is 3.45. The normalized spacial score (nSPS) is 10.9. The molecule has 0 radical (unpaired) electrons. The minimum Gasteiger partial charge on any atom is -0.394 e. The molecule has 1 rings (SSSR count). The quantitative estimate of drug-likeness (QED) is 0.623. The Kier molecular flexibility index (Phi) is 6.03. The van der Waals surface area contributed by atoms with Crippen molar-refractivity contribution in [3.63, 3.8) is 0 Å². The SMILES string of the molecule is Cc1csc(=O)n1CCCC(=O)NC(CO)CO. The summed E-state index contributed by atoms with van der Waals surface area (Å²) in [6, 6.07) is -0.608. The van der Waals surface area contributed by atoms with E-state index >= 15 is 0 Å². The van der Waals surface area contributed by atoms with Crippen LogP contribution in [0.25, 0.3) is 0 Å². The largest absolute Gasteiger partial charge is 0.394 e. The number of aliphatic hydroxyl groups excluding tert-OH is 2. The zero-order valence-corrected chi connectivity index (χ0v) is 11.1. The van der Waals surface area contributed by atoms with E-state index in [1.807, 2.05) is 6.92 Å². The lowest BCUT2D eigenvalue weighted by Crippen LogP contribution is -2.40. The van der Waals surface area contributed by atoms with Crippen molar-refractivity contribution in [2.75, 3.05) is 13.2 Å². The Bertz CT molecular complexity index is 436. The van der Waals surface area contributed by atoms with E-state index in [0.717, 1.165) is 17.0 Å². The second kappa shape index (κ2) is 7.30. The molecule has 0 bridgehead atoms. The number of aromatic nitrogens is 1. The summed E-state index contributed by atoms with van der Waals surface area (Å²) in [4.78, 5) is 22.8. The molecule has 1 aromatic heterocycles. The van der Waals surface area contributed by atoms with Gasteiger partial charge in [0.05, 0.1) is 19.3 Å². The van der Waals surface area contributed by atoms with Crippen molar-refractivity contribution in [2.45, 2.75) is 32.4 Å². The van der Waals surface area contributed by atoms with Crippen LogP contribution in [-0.4, -0.2) is 39.9 Å². The molecule has 7 heteroatoms. The summed E-state index contributed by atoms with van der Waals surface area (Å²) in [5, 5.41) is 21.9. The Morgan fingerprint density at radius 3 is 2.67 bits per heavy atom. The smallest absolute Gasteiger partial charge is 0.307 e. The third kappa shape index (κ3) is 4.25. The summed E-state index contributed by atoms with van der Waals surface area (Å²) < 4.78 is 1.63. The molecule has 0 atom stereocenters. The van der Waals surface area contributed by atoms with Crippen molar-refractivity contribution in [1.29, 1.82) is 0 Å². The Morgan fingerprint density at radius 1 is 1.50 bits per heavy atom. The van der Waals surface area contributed by atoms with Crippen LogP contribution < -0.4 is 10.2 Å². The third-order valence-electron chi connectivity index (χ3n) is 2.57. The number of amides is 1. The molecule has 0 saturated carbocycles. The summed E-state index contributed by atoms with van der Waals surface area (Å²) in [6.45, 7) is 1.78. The molecule has 6 nitrogen and oxygen atoms in total. The Morgan fingerprint density at radius 2 is 2.17 bits per heavy atom. The summed E-state index contributed by atoms with van der Waals surface area (Å²) >= 11 is 1.15. The first-order valence-electron chi connectivity index (χ1n) is 5.74. The van der Waals surface area contributed by atoms with Gasteiger partial charge in [-0.25, -0.2) is 0 Å². The molecule has 0 spiro atoms. The maximum atomic E-state index is 11.5. The number of carbonyl (C=O) groups is 1. The van der Waals surface area contributed by atoms with Gasteiger partial charge in [0.1, 0.15) is 0 Å². The molecule has 0 aliphatic carbocycles. The highest BCUT2D eigenvalue weighted by Gasteiger charge is 2.10. The van der Waals surface area contributed by atoms with Crippen molar-refractivity contribution in [2.24, 2.45) is 0 Å². The van der Waals surface area contributed by atoms with E-state index in [4.69, 9.17) is 10.2 Å². The van der Waals surface area contributed by atoms with Crippen LogP contribution in [0.15, 0.2) is 10.2 Å². The van der Waals surface area contributed by atoms with E-state index < -0.39 is 6.04 Å². The van der Waals surface area contributed by atoms with Crippen molar-refractivity contribution >= 4 is 17.2 Å². The highest BCUT2D eigenvalue weighted by Crippen LogP contribution is 2.02. The molecule has 0 fully saturated rings. The molecule has 0 aromatic carbocycles. The molecular weight excluding hydrogens is 256 g/mol. The molecule has 18 heavy (non-hydrogen) atoms. The van der Waals surface area contributed by atoms with Gasteiger partial charge in [0.15, 0.2) is 0 Å². The minimum absolute atomic E-state index is 0.0171. The van der Waals surface area contributed by atoms with Gasteiger partial charge in [0.25, 0.3) is 0 Å². The first-order chi connectivity index (χ1) is 8.58. The summed E-state index contributed by atoms with van der Waals surface area (Å²) in [6.07, 6.45) is 0.811. The van der Waals surface area contributed by atoms with Crippen molar-refractivity contribution in [3.05, 3.63) is 20.7 Å². The highest BCUT2D eigenvalue weighted by atomic mass is 32.1. The number of aryl methyl sites for hydroxylation is 1. The number of hydrogen-bond acceptors (Lipinski definition) is 5. The Hall–Kier alpha value is -1.18. The molecule has 1 amide bonds. The number of hydrogen-bond donors (Lipinski definition) is 3. The molecule has 1 heterocycles. The van der Waals surface area contributed by atoms with Crippen LogP contribution in [-0.2, 0) is 11.3 Å². The minimum atomic E-state index is -0.608. The van der Waals surface area contributed by atoms with Crippen LogP contribution in [0.1, 0.15) is 18.5 Å². The zero-order valence-electron chi connectivity index (χ0n) is 10.3. The van der Waals surface area contributed by atoms with Crippen LogP contribution in [0.2, 0.25) is 0 Å². The van der Waals surface area contributed by atoms with Crippen molar-refractivity contribution in [1.82, 2.24) is 9.88 Å². The lowest BCUT2D eigenvalue weighted by atomic mass is 10.2. The molecule has 3 N–H and O–H groups in total. The molecule has 0 saturated heterocycles. The standard InChI is InChI=1S/C11H18N2O4S/c1-8-7-18-11(17)13(8)4-2-3-10(16)12-9(5-14)6-15/h7,9,14-15H,2-6H2,1H3,(H,12,16). The van der Waals surface area contributed by atoms with E-state index in [0.29, 0.717) is 13.0 Å². The average Bonchev–Trinajstić information content (AvgIpc) is 2.67. The molecular formula is C11H18N2O4S. The molecule has 0 unspecified atom stereocenters. The lowest BCUT2D eigenvalue weighted by molar-refractivity contribution is -0.122. The number of nitrogens with one attached hydrogen (secondary N) is 1. The number of nitrogens with zero attached hydrogens (tertiary/aromatic N) is 1. The fourth-order valence-electron chi connectivity index (χ4n) is 1.52. The van der Waals surface area contributed by atoms with Crippen LogP contribution in [0.3, 0.4) is 0 Å². The number of carbonyl (C=O) groups excluding carboxylic acids is 1. The molecule has 102 valence electrons. The van der Waals surface area contributed by atoms with Crippen LogP contribution in [0.4, 0.5) is 0 Å². The summed E-state index contributed by atoms with van der Waals surface area (Å²) in [5.41, 5.74) is 0.897. The second-order valence-corrected chi connectivity index (χ2v) is 4.85. The Balaban J connectivity index is 2.34. The van der Waals surface area contributed by atoms with E-state index in [2.05, 4.69) is 5.32 Å². The molecule has 0 aliphatic heterocycles. The van der Waals surface area contributed by atoms with Gasteiger partial charge >= 0.3 is 4.87 Å². The first kappa shape index (κ1) is 14.9. The van der Waals surface area contributed by atoms with Crippen LogP contribution >= 0.6 is 11.3 Å². The van der Waals surface area contributed by atoms with Gasteiger partial charge in [-0.1, -0.05) is 11.3 Å². The second-order valence-electron chi connectivity index (χ2n) is 4.03. The topological polar surface area (TPSA) is 91.6 Å². The number of aliphatic hydroxyl groups is 2. The predicted molar refractivity (Wildman–Crippen MR) is 68.7 cm³/mol. The maximum absolute atomic E-state index is 11.5. The lowest BCUT2D eigenvalue weighted by Gasteiger charge is -2.13. The van der Waals surface area contributed by atoms with E-state index in [1.165, 1.54) is 0 Å². The fraction of sp³-hybridized carbons (Fsp3) is 0.636. The van der Waals surface area contributed by atoms with Crippen LogP contribution in [0.5, 0.6) is 0 Å². The van der Waals surface area contributed by atoms with Crippen molar-refractivity contribution in [3.8, 4) is 0 Å². The van der Waals surface area contributed by atoms with Gasteiger partial charge in [-0.2, -0.15) is 0 Å². The van der Waals surface area contributed by atoms with E-state index in [9.17, 15) is 9.59 Å².